The van der Waals surface area contributed by atoms with Gasteiger partial charge in [-0.05, 0) is 114 Å². The molecule has 0 bridgehead atoms. The molecule has 0 atom stereocenters. The third kappa shape index (κ3) is 11.6. The Morgan fingerprint density at radius 1 is 0.134 bits per heavy atom. The van der Waals surface area contributed by atoms with Crippen LogP contribution in [0, 0.1) is 0 Å². The first-order valence-corrected chi connectivity index (χ1v) is 40.2. The first kappa shape index (κ1) is 68.4. The van der Waals surface area contributed by atoms with Gasteiger partial charge in [0.15, 0.2) is 34.9 Å². The van der Waals surface area contributed by atoms with Crippen molar-refractivity contribution in [3.8, 4) is 108 Å². The van der Waals surface area contributed by atoms with Crippen LogP contribution in [0.1, 0.15) is 0 Å². The highest BCUT2D eigenvalue weighted by molar-refractivity contribution is 6.16. The molecule has 0 aliphatic carbocycles. The summed E-state index contributed by atoms with van der Waals surface area (Å²) in [6, 6.07) is 148. The highest BCUT2D eigenvalue weighted by Gasteiger charge is 2.28. The molecule has 24 rings (SSSR count). The summed E-state index contributed by atoms with van der Waals surface area (Å²) in [5.41, 5.74) is 24.4. The van der Waals surface area contributed by atoms with Gasteiger partial charge >= 0.3 is 0 Å². The van der Waals surface area contributed by atoms with E-state index in [1.54, 1.807) is 0 Å². The summed E-state index contributed by atoms with van der Waals surface area (Å²) in [6.45, 7) is 0. The van der Waals surface area contributed by atoms with Crippen LogP contribution in [0.2, 0.25) is 0 Å². The quantitative estimate of drug-likeness (QED) is 0.121. The second-order valence-corrected chi connectivity index (χ2v) is 30.1. The van der Waals surface area contributed by atoms with E-state index in [4.69, 9.17) is 29.9 Å². The Morgan fingerprint density at radius 3 is 0.782 bits per heavy atom. The molecule has 7 aromatic heterocycles. The molecule has 0 saturated heterocycles. The number of rotatable bonds is 12. The van der Waals surface area contributed by atoms with Gasteiger partial charge in [-0.15, -0.1) is 0 Å². The van der Waals surface area contributed by atoms with Crippen LogP contribution in [0.4, 0.5) is 0 Å². The van der Waals surface area contributed by atoms with Gasteiger partial charge in [-0.25, -0.2) is 29.9 Å². The van der Waals surface area contributed by atoms with Crippen molar-refractivity contribution in [2.75, 3.05) is 0 Å². The molecule has 0 radical (unpaired) electrons. The maximum atomic E-state index is 5.34. The normalized spacial score (nSPS) is 11.7. The number of hydrogen-bond donors (Lipinski definition) is 0. The molecule has 0 amide bonds. The molecule has 0 saturated carbocycles. The molecule has 0 fully saturated rings. The summed E-state index contributed by atoms with van der Waals surface area (Å²) in [4.78, 5) is 30.8. The standard InChI is InChI=1S/C57H36N6.C51H33N5/c1-3-19-37(20-4-1)55-58-56(38-21-5-2-6-22-38)60-57(59-55)39-35-52(61-46-29-13-7-23-40(46)41-24-8-14-30-47(41)61)54(63-50-33-17-11-27-44(50)45-28-12-18-34-51(45)63)53(36-39)62-48-31-15-9-25-42(48)43-26-10-16-32-49(43)62;1-4-15-34(16-5-1)49-52-50(35-17-6-2-7-18-35)54-51(53-49)38-19-14-22-40(31-38)56-45-25-12-10-23-41(45)43-29-27-37(33-48(43)56)36-28-30-47-44(32-36)42-24-11-13-26-46(42)55(47)39-20-8-3-9-21-39/h1-36H;1-33H. The van der Waals surface area contributed by atoms with E-state index < -0.39 is 0 Å². The lowest BCUT2D eigenvalue weighted by molar-refractivity contribution is 1.04. The molecular weight excluding hydrogens is 1450 g/mol. The molecule has 0 aliphatic rings. The van der Waals surface area contributed by atoms with E-state index in [2.05, 4.69) is 344 Å². The third-order valence-corrected chi connectivity index (χ3v) is 23.2. The maximum Gasteiger partial charge on any atom is 0.164 e. The lowest BCUT2D eigenvalue weighted by Crippen LogP contribution is -2.10. The molecule has 24 aromatic rings. The minimum Gasteiger partial charge on any atom is -0.309 e. The molecule has 556 valence electrons. The van der Waals surface area contributed by atoms with Gasteiger partial charge in [0.25, 0.3) is 0 Å². The Bertz CT molecular complexity index is 7690. The number of hydrogen-bond acceptors (Lipinski definition) is 6. The van der Waals surface area contributed by atoms with Crippen LogP contribution >= 0.6 is 0 Å². The van der Waals surface area contributed by atoms with Crippen molar-refractivity contribution in [1.82, 2.24) is 52.7 Å². The van der Waals surface area contributed by atoms with Crippen molar-refractivity contribution in [3.63, 3.8) is 0 Å². The van der Waals surface area contributed by atoms with Crippen molar-refractivity contribution in [2.45, 2.75) is 0 Å². The second-order valence-electron chi connectivity index (χ2n) is 30.1. The molecule has 17 aromatic carbocycles. The molecule has 7 heterocycles. The maximum absolute atomic E-state index is 5.34. The second kappa shape index (κ2) is 28.4. The van der Waals surface area contributed by atoms with Crippen molar-refractivity contribution in [1.29, 1.82) is 0 Å². The Kier molecular flexibility index (Phi) is 16.3. The summed E-state index contributed by atoms with van der Waals surface area (Å²) >= 11 is 0. The number of aromatic nitrogens is 11. The minimum absolute atomic E-state index is 0.584. The molecule has 0 N–H and O–H groups in total. The highest BCUT2D eigenvalue weighted by atomic mass is 15.1. The largest absolute Gasteiger partial charge is 0.309 e. The number of nitrogens with zero attached hydrogens (tertiary/aromatic N) is 11. The van der Waals surface area contributed by atoms with Gasteiger partial charge in [-0.1, -0.05) is 315 Å². The summed E-state index contributed by atoms with van der Waals surface area (Å²) < 4.78 is 12.1. The van der Waals surface area contributed by atoms with Crippen molar-refractivity contribution in [3.05, 3.63) is 419 Å². The molecule has 11 heteroatoms. The molecular formula is C108H69N11. The van der Waals surface area contributed by atoms with Gasteiger partial charge < -0.3 is 22.8 Å². The molecule has 0 aliphatic heterocycles. The van der Waals surface area contributed by atoms with Gasteiger partial charge in [-0.2, -0.15) is 0 Å². The molecule has 0 unspecified atom stereocenters. The monoisotopic (exact) mass is 1520 g/mol. The predicted molar refractivity (Wildman–Crippen MR) is 489 cm³/mol. The molecule has 0 spiro atoms. The van der Waals surface area contributed by atoms with E-state index in [-0.39, 0.29) is 0 Å². The van der Waals surface area contributed by atoms with E-state index >= 15 is 0 Å². The lowest BCUT2D eigenvalue weighted by Gasteiger charge is -2.23. The van der Waals surface area contributed by atoms with Crippen LogP contribution in [0.25, 0.3) is 217 Å². The van der Waals surface area contributed by atoms with E-state index in [0.717, 1.165) is 112 Å². The minimum atomic E-state index is 0.584. The first-order chi connectivity index (χ1) is 59.0. The van der Waals surface area contributed by atoms with Crippen LogP contribution in [0.5, 0.6) is 0 Å². The van der Waals surface area contributed by atoms with Crippen LogP contribution in [0.15, 0.2) is 419 Å². The average molecular weight is 1520 g/mol. The Balaban J connectivity index is 0.000000140. The topological polar surface area (TPSA) is 102 Å². The fourth-order valence-corrected chi connectivity index (χ4v) is 17.9. The van der Waals surface area contributed by atoms with Crippen molar-refractivity contribution < 1.29 is 0 Å². The van der Waals surface area contributed by atoms with E-state index in [0.29, 0.717) is 34.9 Å². The SMILES string of the molecule is c1ccc(-c2nc(-c3ccccc3)nc(-c3cc(-n4c5ccccc5c5ccccc54)c(-n4c5ccccc5c5ccccc54)c(-n4c5ccccc5c5ccccc54)c3)n2)cc1.c1ccc(-c2nc(-c3ccccc3)nc(-c3cccc(-n4c5ccccc5c5ccc(-c6ccc7c(c6)c6ccccc6n7-c6ccccc6)cc54)c3)n2)cc1. The van der Waals surface area contributed by atoms with Crippen LogP contribution < -0.4 is 0 Å². The zero-order chi connectivity index (χ0) is 78.4. The Morgan fingerprint density at radius 2 is 0.395 bits per heavy atom. The predicted octanol–water partition coefficient (Wildman–Crippen LogP) is 26.9. The molecule has 11 nitrogen and oxygen atoms in total. The van der Waals surface area contributed by atoms with E-state index in [1.807, 2.05) is 97.1 Å². The zero-order valence-electron chi connectivity index (χ0n) is 64.3. The summed E-state index contributed by atoms with van der Waals surface area (Å²) in [6.07, 6.45) is 0. The van der Waals surface area contributed by atoms with Gasteiger partial charge in [0.2, 0.25) is 0 Å². The van der Waals surface area contributed by atoms with Crippen LogP contribution in [0.3, 0.4) is 0 Å². The summed E-state index contributed by atoms with van der Waals surface area (Å²) in [5, 5.41) is 12.0. The number of benzene rings is 17. The number of fused-ring (bicyclic) bond motifs is 15. The van der Waals surface area contributed by atoms with Crippen molar-refractivity contribution >= 4 is 109 Å². The number of para-hydroxylation sites is 9. The summed E-state index contributed by atoms with van der Waals surface area (Å²) in [7, 11) is 0. The lowest BCUT2D eigenvalue weighted by atomic mass is 10.0. The smallest absolute Gasteiger partial charge is 0.164 e. The average Bonchev–Trinajstić information content (AvgIpc) is 1.56. The van der Waals surface area contributed by atoms with Crippen LogP contribution in [-0.4, -0.2) is 52.7 Å². The van der Waals surface area contributed by atoms with Gasteiger partial charge in [0.05, 0.1) is 72.2 Å². The first-order valence-electron chi connectivity index (χ1n) is 40.2. The van der Waals surface area contributed by atoms with Gasteiger partial charge in [-0.3, -0.25) is 0 Å². The van der Waals surface area contributed by atoms with Crippen LogP contribution in [-0.2, 0) is 0 Å². The Hall–Kier alpha value is -16.2. The zero-order valence-corrected chi connectivity index (χ0v) is 64.3. The third-order valence-electron chi connectivity index (χ3n) is 23.2. The fraction of sp³-hybridized carbons (Fsp3) is 0. The van der Waals surface area contributed by atoms with Crippen molar-refractivity contribution in [2.24, 2.45) is 0 Å². The Labute approximate surface area is 683 Å². The fourth-order valence-electron chi connectivity index (χ4n) is 17.9. The summed E-state index contributed by atoms with van der Waals surface area (Å²) in [5.74, 6) is 3.73. The van der Waals surface area contributed by atoms with E-state index in [9.17, 15) is 0 Å². The molecule has 119 heavy (non-hydrogen) atoms. The van der Waals surface area contributed by atoms with Gasteiger partial charge in [0, 0.05) is 98.6 Å². The highest BCUT2D eigenvalue weighted by Crippen LogP contribution is 2.47. The van der Waals surface area contributed by atoms with E-state index in [1.165, 1.54) is 70.5 Å². The van der Waals surface area contributed by atoms with Gasteiger partial charge in [0.1, 0.15) is 0 Å².